The summed E-state index contributed by atoms with van der Waals surface area (Å²) in [5, 5.41) is 17.2. The lowest BCUT2D eigenvalue weighted by atomic mass is 10.1. The molecule has 0 fully saturated rings. The smallest absolute Gasteiger partial charge is 0.143 e. The van der Waals surface area contributed by atoms with Gasteiger partial charge in [-0.05, 0) is 44.9 Å². The number of fused-ring (bicyclic) bond motifs is 5. The summed E-state index contributed by atoms with van der Waals surface area (Å²) in [7, 11) is 0. The quantitative estimate of drug-likeness (QED) is 0.471. The first-order valence-electron chi connectivity index (χ1n) is 5.70. The highest BCUT2D eigenvalue weighted by molar-refractivity contribution is 6.12. The summed E-state index contributed by atoms with van der Waals surface area (Å²) < 4.78 is 9.41. The van der Waals surface area contributed by atoms with Crippen LogP contribution in [0.3, 0.4) is 0 Å². The SMILES string of the molecule is CC.c1cc2c(ccc3nonc32)c2nonc12. The van der Waals surface area contributed by atoms with Gasteiger partial charge in [-0.25, -0.2) is 9.26 Å². The molecule has 0 aliphatic rings. The first-order chi connectivity index (χ1) is 8.93. The van der Waals surface area contributed by atoms with Gasteiger partial charge < -0.3 is 0 Å². The van der Waals surface area contributed by atoms with Crippen molar-refractivity contribution in [2.45, 2.75) is 13.8 Å². The Morgan fingerprint density at radius 2 is 1.11 bits per heavy atom. The van der Waals surface area contributed by atoms with E-state index in [1.807, 2.05) is 38.1 Å². The minimum Gasteiger partial charge on any atom is -0.243 e. The van der Waals surface area contributed by atoms with Crippen molar-refractivity contribution < 1.29 is 9.26 Å². The molecule has 0 N–H and O–H groups in total. The first-order valence-corrected chi connectivity index (χ1v) is 5.70. The van der Waals surface area contributed by atoms with E-state index < -0.39 is 0 Å². The van der Waals surface area contributed by atoms with Crippen LogP contribution in [0.4, 0.5) is 0 Å². The lowest BCUT2D eigenvalue weighted by molar-refractivity contribution is 0.315. The van der Waals surface area contributed by atoms with Crippen LogP contribution >= 0.6 is 0 Å². The molecule has 90 valence electrons. The number of benzene rings is 2. The van der Waals surface area contributed by atoms with Gasteiger partial charge in [0.1, 0.15) is 22.1 Å². The number of aromatic nitrogens is 4. The van der Waals surface area contributed by atoms with Crippen molar-refractivity contribution >= 4 is 32.8 Å². The molecule has 0 bridgehead atoms. The molecule has 0 atom stereocenters. The number of hydrogen-bond acceptors (Lipinski definition) is 6. The van der Waals surface area contributed by atoms with E-state index in [1.165, 1.54) is 0 Å². The van der Waals surface area contributed by atoms with Crippen LogP contribution in [0.25, 0.3) is 32.8 Å². The van der Waals surface area contributed by atoms with Gasteiger partial charge in [-0.3, -0.25) is 0 Å². The molecule has 4 rings (SSSR count). The number of hydrogen-bond donors (Lipinski definition) is 0. The van der Waals surface area contributed by atoms with Crippen molar-refractivity contribution in [3.8, 4) is 0 Å². The Morgan fingerprint density at radius 3 is 1.56 bits per heavy atom. The molecule has 0 amide bonds. The van der Waals surface area contributed by atoms with E-state index in [1.54, 1.807) is 0 Å². The third kappa shape index (κ3) is 1.35. The minimum absolute atomic E-state index is 0.724. The van der Waals surface area contributed by atoms with Crippen LogP contribution in [0.2, 0.25) is 0 Å². The van der Waals surface area contributed by atoms with Crippen LogP contribution in [0, 0.1) is 0 Å². The molecule has 0 aliphatic carbocycles. The molecule has 18 heavy (non-hydrogen) atoms. The molecule has 0 radical (unpaired) electrons. The molecular weight excluding hydrogens is 232 g/mol. The molecular formula is C12H10N4O2. The van der Waals surface area contributed by atoms with E-state index in [9.17, 15) is 0 Å². The molecule has 0 spiro atoms. The van der Waals surface area contributed by atoms with Crippen LogP contribution in [0.15, 0.2) is 33.5 Å². The van der Waals surface area contributed by atoms with Crippen molar-refractivity contribution in [1.29, 1.82) is 0 Å². The molecule has 6 nitrogen and oxygen atoms in total. The molecule has 2 heterocycles. The van der Waals surface area contributed by atoms with E-state index in [-0.39, 0.29) is 0 Å². The molecule has 6 heteroatoms. The summed E-state index contributed by atoms with van der Waals surface area (Å²) in [6.07, 6.45) is 0. The summed E-state index contributed by atoms with van der Waals surface area (Å²) in [5.74, 6) is 0. The van der Waals surface area contributed by atoms with Gasteiger partial charge in [0, 0.05) is 10.8 Å². The van der Waals surface area contributed by atoms with E-state index in [0.717, 1.165) is 32.8 Å². The zero-order valence-electron chi connectivity index (χ0n) is 9.91. The number of nitrogens with zero attached hydrogens (tertiary/aromatic N) is 4. The zero-order chi connectivity index (χ0) is 12.5. The highest BCUT2D eigenvalue weighted by atomic mass is 16.6. The minimum atomic E-state index is 0.724. The number of rotatable bonds is 0. The van der Waals surface area contributed by atoms with Crippen LogP contribution < -0.4 is 0 Å². The third-order valence-electron chi connectivity index (χ3n) is 2.64. The summed E-state index contributed by atoms with van der Waals surface area (Å²) in [5.41, 5.74) is 2.90. The standard InChI is InChI=1S/C10H4N4O2.C2H6/c1-3-7-10(14-15-11-7)6-2-4-8-9(5(1)6)13-16-12-8;1-2/h1-4H;1-2H3. The van der Waals surface area contributed by atoms with Gasteiger partial charge in [-0.2, -0.15) is 0 Å². The maximum atomic E-state index is 4.71. The molecule has 0 aliphatic heterocycles. The lowest BCUT2D eigenvalue weighted by Crippen LogP contribution is -1.78. The third-order valence-corrected chi connectivity index (χ3v) is 2.64. The second kappa shape index (κ2) is 4.06. The van der Waals surface area contributed by atoms with Crippen LogP contribution in [0.1, 0.15) is 13.8 Å². The summed E-state index contributed by atoms with van der Waals surface area (Å²) in [6, 6.07) is 7.49. The van der Waals surface area contributed by atoms with E-state index in [0.29, 0.717) is 0 Å². The molecule has 4 aromatic rings. The topological polar surface area (TPSA) is 77.8 Å². The van der Waals surface area contributed by atoms with Crippen molar-refractivity contribution in [3.63, 3.8) is 0 Å². The van der Waals surface area contributed by atoms with E-state index >= 15 is 0 Å². The predicted molar refractivity (Wildman–Crippen MR) is 66.0 cm³/mol. The average Bonchev–Trinajstić information content (AvgIpc) is 3.08. The molecule has 0 unspecified atom stereocenters. The largest absolute Gasteiger partial charge is 0.243 e. The van der Waals surface area contributed by atoms with Gasteiger partial charge in [-0.15, -0.1) is 0 Å². The summed E-state index contributed by atoms with van der Waals surface area (Å²) in [6.45, 7) is 4.00. The Morgan fingerprint density at radius 1 is 0.667 bits per heavy atom. The normalized spacial score (nSPS) is 10.8. The second-order valence-electron chi connectivity index (χ2n) is 3.49. The van der Waals surface area contributed by atoms with Gasteiger partial charge in [-0.1, -0.05) is 13.8 Å². The Hall–Kier alpha value is -2.50. The maximum Gasteiger partial charge on any atom is 0.143 e. The lowest BCUT2D eigenvalue weighted by Gasteiger charge is -1.95. The highest BCUT2D eigenvalue weighted by Crippen LogP contribution is 2.27. The van der Waals surface area contributed by atoms with Gasteiger partial charge in [0.05, 0.1) is 0 Å². The second-order valence-corrected chi connectivity index (χ2v) is 3.49. The predicted octanol–water partition coefficient (Wildman–Crippen LogP) is 2.94. The summed E-state index contributed by atoms with van der Waals surface area (Å²) in [4.78, 5) is 0. The maximum absolute atomic E-state index is 4.71. The van der Waals surface area contributed by atoms with Crippen LogP contribution in [0.5, 0.6) is 0 Å². The molecule has 0 saturated heterocycles. The van der Waals surface area contributed by atoms with E-state index in [2.05, 4.69) is 20.6 Å². The fraction of sp³-hybridized carbons (Fsp3) is 0.167. The Balaban J connectivity index is 0.000000478. The van der Waals surface area contributed by atoms with E-state index in [4.69, 9.17) is 9.26 Å². The molecule has 2 aromatic carbocycles. The Bertz CT molecular complexity index is 749. The van der Waals surface area contributed by atoms with Crippen molar-refractivity contribution in [3.05, 3.63) is 24.3 Å². The van der Waals surface area contributed by atoms with Gasteiger partial charge >= 0.3 is 0 Å². The summed E-state index contributed by atoms with van der Waals surface area (Å²) >= 11 is 0. The Kier molecular flexibility index (Phi) is 2.40. The average molecular weight is 242 g/mol. The first kappa shape index (κ1) is 10.6. The monoisotopic (exact) mass is 242 g/mol. The van der Waals surface area contributed by atoms with Crippen molar-refractivity contribution in [1.82, 2.24) is 20.6 Å². The van der Waals surface area contributed by atoms with Gasteiger partial charge in [0.2, 0.25) is 0 Å². The molecule has 0 saturated carbocycles. The zero-order valence-corrected chi connectivity index (χ0v) is 9.91. The fourth-order valence-corrected chi connectivity index (χ4v) is 1.90. The van der Waals surface area contributed by atoms with Crippen LogP contribution in [-0.2, 0) is 0 Å². The van der Waals surface area contributed by atoms with Crippen LogP contribution in [-0.4, -0.2) is 20.6 Å². The van der Waals surface area contributed by atoms with Gasteiger partial charge in [0.25, 0.3) is 0 Å². The molecule has 2 aromatic heterocycles. The fourth-order valence-electron chi connectivity index (χ4n) is 1.90. The van der Waals surface area contributed by atoms with Gasteiger partial charge in [0.15, 0.2) is 0 Å². The highest BCUT2D eigenvalue weighted by Gasteiger charge is 2.10. The van der Waals surface area contributed by atoms with Crippen molar-refractivity contribution in [2.24, 2.45) is 0 Å². The van der Waals surface area contributed by atoms with Crippen molar-refractivity contribution in [2.75, 3.05) is 0 Å². The Labute approximate surface area is 101 Å².